The predicted molar refractivity (Wildman–Crippen MR) is 80.7 cm³/mol. The molecule has 0 aromatic carbocycles. The predicted octanol–water partition coefficient (Wildman–Crippen LogP) is 2.19. The zero-order valence-corrected chi connectivity index (χ0v) is 12.9. The van der Waals surface area contributed by atoms with Crippen LogP contribution in [0.4, 0.5) is 5.95 Å². The molecule has 0 saturated carbocycles. The summed E-state index contributed by atoms with van der Waals surface area (Å²) in [7, 11) is 0. The summed E-state index contributed by atoms with van der Waals surface area (Å²) in [5.41, 5.74) is 0. The fraction of sp³-hybridized carbons (Fsp3) is 0.538. The Morgan fingerprint density at radius 2 is 2.19 bits per heavy atom. The van der Waals surface area contributed by atoms with Crippen LogP contribution in [0.5, 0.6) is 0 Å². The summed E-state index contributed by atoms with van der Waals surface area (Å²) in [5.74, 6) is 1.37. The Morgan fingerprint density at radius 3 is 2.90 bits per heavy atom. The van der Waals surface area contributed by atoms with Gasteiger partial charge >= 0.3 is 0 Å². The van der Waals surface area contributed by atoms with E-state index in [4.69, 9.17) is 16.3 Å². The molecule has 2 heterocycles. The second-order valence-corrected chi connectivity index (χ2v) is 5.27. The molecule has 0 aliphatic carbocycles. The molecule has 7 nitrogen and oxygen atoms in total. The molecule has 0 bridgehead atoms. The van der Waals surface area contributed by atoms with Crippen LogP contribution < -0.4 is 5.32 Å². The fourth-order valence-electron chi connectivity index (χ4n) is 1.60. The first-order valence-electron chi connectivity index (χ1n) is 6.88. The van der Waals surface area contributed by atoms with Crippen LogP contribution in [0.3, 0.4) is 0 Å². The first-order valence-corrected chi connectivity index (χ1v) is 7.26. The van der Waals surface area contributed by atoms with Gasteiger partial charge in [-0.1, -0.05) is 13.8 Å². The minimum Gasteiger partial charge on any atom is -0.381 e. The van der Waals surface area contributed by atoms with E-state index in [2.05, 4.69) is 39.2 Å². The molecular weight excluding hydrogens is 292 g/mol. The maximum absolute atomic E-state index is 5.90. The lowest BCUT2D eigenvalue weighted by Crippen LogP contribution is -2.12. The smallest absolute Gasteiger partial charge is 0.256 e. The van der Waals surface area contributed by atoms with Gasteiger partial charge in [-0.05, 0) is 30.0 Å². The SMILES string of the molecule is CC(C)COCCCNc1nc(Cl)nc(-n2cccn2)n1. The summed E-state index contributed by atoms with van der Waals surface area (Å²) in [4.78, 5) is 12.3. The van der Waals surface area contributed by atoms with Crippen molar-refractivity contribution in [1.29, 1.82) is 0 Å². The largest absolute Gasteiger partial charge is 0.381 e. The normalized spacial score (nSPS) is 11.0. The molecule has 8 heteroatoms. The van der Waals surface area contributed by atoms with Crippen molar-refractivity contribution < 1.29 is 4.74 Å². The number of ether oxygens (including phenoxy) is 1. The average molecular weight is 311 g/mol. The van der Waals surface area contributed by atoms with Gasteiger partial charge < -0.3 is 10.1 Å². The number of aromatic nitrogens is 5. The Morgan fingerprint density at radius 1 is 1.33 bits per heavy atom. The minimum absolute atomic E-state index is 0.133. The molecule has 0 saturated heterocycles. The third kappa shape index (κ3) is 5.28. The molecule has 0 unspecified atom stereocenters. The van der Waals surface area contributed by atoms with Crippen LogP contribution in [-0.2, 0) is 4.74 Å². The van der Waals surface area contributed by atoms with E-state index < -0.39 is 0 Å². The first kappa shape index (κ1) is 15.7. The highest BCUT2D eigenvalue weighted by Crippen LogP contribution is 2.08. The summed E-state index contributed by atoms with van der Waals surface area (Å²) >= 11 is 5.90. The summed E-state index contributed by atoms with van der Waals surface area (Å²) in [6.45, 7) is 6.44. The molecule has 21 heavy (non-hydrogen) atoms. The lowest BCUT2D eigenvalue weighted by molar-refractivity contribution is 0.110. The van der Waals surface area contributed by atoms with Crippen LogP contribution in [0.15, 0.2) is 18.5 Å². The maximum atomic E-state index is 5.90. The van der Waals surface area contributed by atoms with Gasteiger partial charge in [0.15, 0.2) is 0 Å². The van der Waals surface area contributed by atoms with E-state index >= 15 is 0 Å². The number of nitrogens with one attached hydrogen (secondary N) is 1. The molecule has 2 aromatic heterocycles. The monoisotopic (exact) mass is 310 g/mol. The van der Waals surface area contributed by atoms with Gasteiger partial charge in [-0.2, -0.15) is 20.1 Å². The second kappa shape index (κ2) is 7.90. The Balaban J connectivity index is 1.83. The summed E-state index contributed by atoms with van der Waals surface area (Å²) < 4.78 is 7.04. The van der Waals surface area contributed by atoms with E-state index in [9.17, 15) is 0 Å². The van der Waals surface area contributed by atoms with E-state index in [-0.39, 0.29) is 5.28 Å². The standard InChI is InChI=1S/C13H19ClN6O/c1-10(2)9-21-8-4-5-15-12-17-11(14)18-13(19-12)20-7-3-6-16-20/h3,6-7,10H,4-5,8-9H2,1-2H3,(H,15,17,18,19). The lowest BCUT2D eigenvalue weighted by Gasteiger charge is -2.08. The molecule has 2 rings (SSSR count). The van der Waals surface area contributed by atoms with Crippen molar-refractivity contribution in [2.45, 2.75) is 20.3 Å². The molecule has 0 fully saturated rings. The molecule has 1 N–H and O–H groups in total. The van der Waals surface area contributed by atoms with Crippen LogP contribution in [-0.4, -0.2) is 44.5 Å². The molecule has 0 atom stereocenters. The zero-order chi connectivity index (χ0) is 15.1. The van der Waals surface area contributed by atoms with Crippen LogP contribution >= 0.6 is 11.6 Å². The van der Waals surface area contributed by atoms with Gasteiger partial charge in [0.1, 0.15) is 0 Å². The molecule has 0 spiro atoms. The van der Waals surface area contributed by atoms with Crippen LogP contribution in [0, 0.1) is 5.92 Å². The molecular formula is C13H19ClN6O. The van der Waals surface area contributed by atoms with Gasteiger partial charge in [0.05, 0.1) is 0 Å². The Hall–Kier alpha value is -1.73. The van der Waals surface area contributed by atoms with E-state index in [0.29, 0.717) is 31.0 Å². The second-order valence-electron chi connectivity index (χ2n) is 4.93. The molecule has 0 aliphatic rings. The number of hydrogen-bond donors (Lipinski definition) is 1. The van der Waals surface area contributed by atoms with E-state index in [1.165, 1.54) is 4.68 Å². The van der Waals surface area contributed by atoms with Crippen molar-refractivity contribution in [3.05, 3.63) is 23.7 Å². The van der Waals surface area contributed by atoms with Crippen molar-refractivity contribution in [3.8, 4) is 5.95 Å². The number of hydrogen-bond acceptors (Lipinski definition) is 6. The van der Waals surface area contributed by atoms with Gasteiger partial charge in [0, 0.05) is 32.2 Å². The van der Waals surface area contributed by atoms with Crippen molar-refractivity contribution in [2.24, 2.45) is 5.92 Å². The van der Waals surface area contributed by atoms with E-state index in [1.807, 2.05) is 0 Å². The quantitative estimate of drug-likeness (QED) is 0.753. The molecule has 114 valence electrons. The number of halogens is 1. The lowest BCUT2D eigenvalue weighted by atomic mass is 10.2. The zero-order valence-electron chi connectivity index (χ0n) is 12.2. The summed E-state index contributed by atoms with van der Waals surface area (Å²) in [6.07, 6.45) is 4.26. The van der Waals surface area contributed by atoms with Crippen molar-refractivity contribution >= 4 is 17.5 Å². The molecule has 2 aromatic rings. The van der Waals surface area contributed by atoms with Gasteiger partial charge in [0.25, 0.3) is 5.95 Å². The minimum atomic E-state index is 0.133. The van der Waals surface area contributed by atoms with E-state index in [0.717, 1.165) is 13.0 Å². The van der Waals surface area contributed by atoms with Crippen LogP contribution in [0.2, 0.25) is 5.28 Å². The van der Waals surface area contributed by atoms with Crippen LogP contribution in [0.1, 0.15) is 20.3 Å². The third-order valence-corrected chi connectivity index (χ3v) is 2.67. The third-order valence-electron chi connectivity index (χ3n) is 2.51. The van der Waals surface area contributed by atoms with Crippen molar-refractivity contribution in [2.75, 3.05) is 25.1 Å². The van der Waals surface area contributed by atoms with Crippen molar-refractivity contribution in [3.63, 3.8) is 0 Å². The fourth-order valence-corrected chi connectivity index (χ4v) is 1.76. The van der Waals surface area contributed by atoms with Gasteiger partial charge in [-0.25, -0.2) is 4.68 Å². The number of nitrogens with zero attached hydrogens (tertiary/aromatic N) is 5. The highest BCUT2D eigenvalue weighted by molar-refractivity contribution is 6.28. The summed E-state index contributed by atoms with van der Waals surface area (Å²) in [6, 6.07) is 1.79. The molecule has 0 radical (unpaired) electrons. The Labute approximate surface area is 128 Å². The number of rotatable bonds is 8. The van der Waals surface area contributed by atoms with Crippen molar-refractivity contribution in [1.82, 2.24) is 24.7 Å². The topological polar surface area (TPSA) is 77.8 Å². The Bertz CT molecular complexity index is 546. The molecule has 0 aliphatic heterocycles. The molecule has 0 amide bonds. The van der Waals surface area contributed by atoms with E-state index in [1.54, 1.807) is 18.5 Å². The highest BCUT2D eigenvalue weighted by Gasteiger charge is 2.06. The average Bonchev–Trinajstić information content (AvgIpc) is 2.96. The van der Waals surface area contributed by atoms with Gasteiger partial charge in [-0.15, -0.1) is 0 Å². The first-order chi connectivity index (χ1) is 10.1. The number of anilines is 1. The highest BCUT2D eigenvalue weighted by atomic mass is 35.5. The van der Waals surface area contributed by atoms with Gasteiger partial charge in [-0.3, -0.25) is 0 Å². The van der Waals surface area contributed by atoms with Crippen LogP contribution in [0.25, 0.3) is 5.95 Å². The summed E-state index contributed by atoms with van der Waals surface area (Å²) in [5, 5.41) is 7.30. The Kier molecular flexibility index (Phi) is 5.89. The maximum Gasteiger partial charge on any atom is 0.256 e. The van der Waals surface area contributed by atoms with Gasteiger partial charge in [0.2, 0.25) is 11.2 Å².